The number of furan rings is 1. The van der Waals surface area contributed by atoms with Crippen molar-refractivity contribution in [1.29, 1.82) is 0 Å². The summed E-state index contributed by atoms with van der Waals surface area (Å²) < 4.78 is 5.36. The predicted octanol–water partition coefficient (Wildman–Crippen LogP) is 4.11. The molecule has 1 amide bonds. The molecule has 1 aromatic heterocycles. The minimum Gasteiger partial charge on any atom is -0.468 e. The van der Waals surface area contributed by atoms with E-state index in [0.717, 1.165) is 22.2 Å². The molecule has 0 unspecified atom stereocenters. The average Bonchev–Trinajstić information content (AvgIpc) is 3.09. The van der Waals surface area contributed by atoms with E-state index < -0.39 is 0 Å². The number of fused-ring (bicyclic) bond motifs is 1. The van der Waals surface area contributed by atoms with Gasteiger partial charge in [0.05, 0.1) is 18.3 Å². The monoisotopic (exact) mass is 308 g/mol. The van der Waals surface area contributed by atoms with Crippen LogP contribution in [0.2, 0.25) is 0 Å². The van der Waals surface area contributed by atoms with E-state index in [9.17, 15) is 4.79 Å². The lowest BCUT2D eigenvalue weighted by atomic mass is 10.1. The first kappa shape index (κ1) is 15.3. The Morgan fingerprint density at radius 1 is 1.00 bits per heavy atom. The molecule has 0 aliphatic rings. The van der Waals surface area contributed by atoms with Crippen LogP contribution >= 0.6 is 0 Å². The fourth-order valence-corrected chi connectivity index (χ4v) is 2.65. The topological polar surface area (TPSA) is 54.3 Å². The van der Waals surface area contributed by atoms with Gasteiger partial charge in [0, 0.05) is 11.1 Å². The van der Waals surface area contributed by atoms with Gasteiger partial charge in [0.15, 0.2) is 0 Å². The molecule has 0 radical (unpaired) electrons. The zero-order valence-corrected chi connectivity index (χ0v) is 13.2. The molecule has 3 rings (SSSR count). The summed E-state index contributed by atoms with van der Waals surface area (Å²) in [5.74, 6) is 0.745. The van der Waals surface area contributed by atoms with Gasteiger partial charge in [0.2, 0.25) is 5.91 Å². The first-order chi connectivity index (χ1) is 11.1. The molecule has 0 fully saturated rings. The number of hydrogen-bond donors (Lipinski definition) is 2. The van der Waals surface area contributed by atoms with Crippen LogP contribution in [0, 0.1) is 0 Å². The summed E-state index contributed by atoms with van der Waals surface area (Å²) in [6.07, 6.45) is 1.63. The molecular weight excluding hydrogens is 288 g/mol. The third kappa shape index (κ3) is 3.43. The van der Waals surface area contributed by atoms with Gasteiger partial charge in [-0.2, -0.15) is 0 Å². The minimum atomic E-state index is -0.339. The van der Waals surface area contributed by atoms with E-state index in [-0.39, 0.29) is 18.0 Å². The number of rotatable bonds is 5. The van der Waals surface area contributed by atoms with Crippen LogP contribution in [0.25, 0.3) is 10.8 Å². The molecule has 0 saturated heterocycles. The molecule has 0 bridgehead atoms. The smallest absolute Gasteiger partial charge is 0.241 e. The van der Waals surface area contributed by atoms with Crippen LogP contribution in [-0.2, 0) is 4.79 Å². The summed E-state index contributed by atoms with van der Waals surface area (Å²) >= 11 is 0. The Kier molecular flexibility index (Phi) is 4.44. The van der Waals surface area contributed by atoms with Crippen LogP contribution in [0.5, 0.6) is 0 Å². The van der Waals surface area contributed by atoms with Crippen molar-refractivity contribution in [3.05, 3.63) is 66.6 Å². The van der Waals surface area contributed by atoms with Gasteiger partial charge >= 0.3 is 0 Å². The Morgan fingerprint density at radius 3 is 2.57 bits per heavy atom. The highest BCUT2D eigenvalue weighted by Crippen LogP contribution is 2.23. The maximum Gasteiger partial charge on any atom is 0.241 e. The number of nitrogens with one attached hydrogen (secondary N) is 2. The summed E-state index contributed by atoms with van der Waals surface area (Å²) in [6, 6.07) is 17.3. The van der Waals surface area contributed by atoms with Crippen molar-refractivity contribution in [1.82, 2.24) is 5.32 Å². The third-order valence-corrected chi connectivity index (χ3v) is 3.91. The van der Waals surface area contributed by atoms with Crippen LogP contribution in [-0.4, -0.2) is 11.9 Å². The zero-order valence-electron chi connectivity index (χ0n) is 13.2. The maximum atomic E-state index is 12.5. The number of anilines is 1. The number of benzene rings is 2. The first-order valence-electron chi connectivity index (χ1n) is 7.73. The maximum absolute atomic E-state index is 12.5. The molecule has 23 heavy (non-hydrogen) atoms. The second-order valence-electron chi connectivity index (χ2n) is 5.64. The summed E-state index contributed by atoms with van der Waals surface area (Å²) in [6.45, 7) is 3.82. The van der Waals surface area contributed by atoms with E-state index in [1.807, 2.05) is 68.4 Å². The van der Waals surface area contributed by atoms with Gasteiger partial charge in [-0.05, 0) is 37.4 Å². The lowest BCUT2D eigenvalue weighted by Gasteiger charge is -2.18. The lowest BCUT2D eigenvalue weighted by Crippen LogP contribution is -2.39. The summed E-state index contributed by atoms with van der Waals surface area (Å²) in [7, 11) is 0. The van der Waals surface area contributed by atoms with Gasteiger partial charge in [-0.3, -0.25) is 10.1 Å². The molecule has 0 saturated carbocycles. The van der Waals surface area contributed by atoms with Crippen molar-refractivity contribution < 1.29 is 9.21 Å². The number of hydrogen-bond acceptors (Lipinski definition) is 3. The predicted molar refractivity (Wildman–Crippen MR) is 92.3 cm³/mol. The Bertz CT molecular complexity index is 791. The molecule has 0 aliphatic heterocycles. The minimum absolute atomic E-state index is 0.0294. The third-order valence-electron chi connectivity index (χ3n) is 3.91. The van der Waals surface area contributed by atoms with E-state index in [1.54, 1.807) is 6.26 Å². The summed E-state index contributed by atoms with van der Waals surface area (Å²) in [5.41, 5.74) is 0.826. The number of carbonyl (C=O) groups excluding carboxylic acids is 1. The second kappa shape index (κ2) is 6.67. The van der Waals surface area contributed by atoms with Crippen molar-refractivity contribution in [2.45, 2.75) is 25.9 Å². The fourth-order valence-electron chi connectivity index (χ4n) is 2.65. The van der Waals surface area contributed by atoms with E-state index in [0.29, 0.717) is 0 Å². The summed E-state index contributed by atoms with van der Waals surface area (Å²) in [5, 5.41) is 8.39. The normalized spacial score (nSPS) is 13.7. The van der Waals surface area contributed by atoms with E-state index >= 15 is 0 Å². The van der Waals surface area contributed by atoms with Gasteiger partial charge in [0.25, 0.3) is 0 Å². The highest BCUT2D eigenvalue weighted by atomic mass is 16.3. The molecule has 1 heterocycles. The van der Waals surface area contributed by atoms with Crippen LogP contribution in [0.15, 0.2) is 65.3 Å². The van der Waals surface area contributed by atoms with Crippen LogP contribution in [0.4, 0.5) is 5.69 Å². The average molecular weight is 308 g/mol. The fraction of sp³-hybridized carbons (Fsp3) is 0.211. The van der Waals surface area contributed by atoms with Gasteiger partial charge in [-0.1, -0.05) is 36.4 Å². The van der Waals surface area contributed by atoms with Crippen molar-refractivity contribution >= 4 is 22.4 Å². The second-order valence-corrected chi connectivity index (χ2v) is 5.64. The van der Waals surface area contributed by atoms with E-state index in [4.69, 9.17) is 4.42 Å². The Hall–Kier alpha value is -2.59. The first-order valence-corrected chi connectivity index (χ1v) is 7.73. The molecule has 4 nitrogen and oxygen atoms in total. The van der Waals surface area contributed by atoms with Gasteiger partial charge in [0.1, 0.15) is 5.76 Å². The van der Waals surface area contributed by atoms with Crippen LogP contribution in [0.3, 0.4) is 0 Å². The molecule has 2 aromatic carbocycles. The molecular formula is C19H20N2O2. The SMILES string of the molecule is C[C@H](N[C@H](C)c1ccco1)C(=O)Nc1cccc2ccccc12. The summed E-state index contributed by atoms with van der Waals surface area (Å²) in [4.78, 5) is 12.5. The van der Waals surface area contributed by atoms with Crippen LogP contribution in [0.1, 0.15) is 25.6 Å². The van der Waals surface area contributed by atoms with Gasteiger partial charge < -0.3 is 9.73 Å². The highest BCUT2D eigenvalue weighted by Gasteiger charge is 2.18. The highest BCUT2D eigenvalue weighted by molar-refractivity contribution is 6.03. The Balaban J connectivity index is 1.70. The Morgan fingerprint density at radius 2 is 1.78 bits per heavy atom. The molecule has 118 valence electrons. The van der Waals surface area contributed by atoms with Crippen LogP contribution < -0.4 is 10.6 Å². The van der Waals surface area contributed by atoms with Crippen molar-refractivity contribution in [3.8, 4) is 0 Å². The molecule has 2 atom stereocenters. The van der Waals surface area contributed by atoms with E-state index in [1.165, 1.54) is 0 Å². The van der Waals surface area contributed by atoms with Gasteiger partial charge in [-0.25, -0.2) is 0 Å². The quantitative estimate of drug-likeness (QED) is 0.746. The van der Waals surface area contributed by atoms with E-state index in [2.05, 4.69) is 10.6 Å². The number of carbonyl (C=O) groups is 1. The van der Waals surface area contributed by atoms with Gasteiger partial charge in [-0.15, -0.1) is 0 Å². The van der Waals surface area contributed by atoms with Crippen molar-refractivity contribution in [2.24, 2.45) is 0 Å². The number of amides is 1. The standard InChI is InChI=1S/C19H20N2O2/c1-13(18-11-6-12-23-18)20-14(2)19(22)21-17-10-5-8-15-7-3-4-9-16(15)17/h3-14,20H,1-2H3,(H,21,22)/t13-,14+/m1/s1. The molecule has 3 aromatic rings. The molecule has 0 aliphatic carbocycles. The van der Waals surface area contributed by atoms with Crippen molar-refractivity contribution in [3.63, 3.8) is 0 Å². The molecule has 2 N–H and O–H groups in total. The van der Waals surface area contributed by atoms with Crippen molar-refractivity contribution in [2.75, 3.05) is 5.32 Å². The largest absolute Gasteiger partial charge is 0.468 e. The zero-order chi connectivity index (χ0) is 16.2. The Labute approximate surface area is 135 Å². The molecule has 0 spiro atoms. The lowest BCUT2D eigenvalue weighted by molar-refractivity contribution is -0.117. The molecule has 4 heteroatoms.